The van der Waals surface area contributed by atoms with E-state index in [9.17, 15) is 4.79 Å². The molecule has 0 aromatic carbocycles. The molecule has 1 atom stereocenters. The van der Waals surface area contributed by atoms with Crippen molar-refractivity contribution in [2.45, 2.75) is 78.8 Å². The van der Waals surface area contributed by atoms with Crippen molar-refractivity contribution in [3.8, 4) is 0 Å². The van der Waals surface area contributed by atoms with Crippen LogP contribution >= 0.6 is 0 Å². The molecule has 1 rings (SSSR count). The Labute approximate surface area is 125 Å². The predicted molar refractivity (Wildman–Crippen MR) is 85.7 cm³/mol. The smallest absolute Gasteiger partial charge is 0.222 e. The van der Waals surface area contributed by atoms with Gasteiger partial charge in [0, 0.05) is 24.5 Å². The molecular formula is C17H34N2O. The van der Waals surface area contributed by atoms with E-state index in [1.807, 2.05) is 13.8 Å². The van der Waals surface area contributed by atoms with Gasteiger partial charge in [0.2, 0.25) is 5.91 Å². The highest BCUT2D eigenvalue weighted by atomic mass is 16.1. The van der Waals surface area contributed by atoms with Gasteiger partial charge in [0.15, 0.2) is 0 Å². The van der Waals surface area contributed by atoms with Crippen molar-refractivity contribution in [3.63, 3.8) is 0 Å². The van der Waals surface area contributed by atoms with Gasteiger partial charge in [-0.2, -0.15) is 0 Å². The van der Waals surface area contributed by atoms with Crippen LogP contribution in [0.15, 0.2) is 0 Å². The number of carbonyl (C=O) groups is 1. The highest BCUT2D eigenvalue weighted by molar-refractivity contribution is 5.78. The molecule has 1 aliphatic carbocycles. The molecule has 0 spiro atoms. The Morgan fingerprint density at radius 2 is 1.80 bits per heavy atom. The maximum Gasteiger partial charge on any atom is 0.222 e. The summed E-state index contributed by atoms with van der Waals surface area (Å²) in [5, 5.41) is 3.22. The van der Waals surface area contributed by atoms with Crippen LogP contribution in [0, 0.1) is 11.8 Å². The van der Waals surface area contributed by atoms with E-state index >= 15 is 0 Å². The lowest BCUT2D eigenvalue weighted by Gasteiger charge is -2.31. The van der Waals surface area contributed by atoms with Crippen molar-refractivity contribution in [2.24, 2.45) is 11.8 Å². The number of carbonyl (C=O) groups excluding carboxylic acids is 1. The summed E-state index contributed by atoms with van der Waals surface area (Å²) in [5.74, 6) is 0.765. The van der Waals surface area contributed by atoms with Crippen LogP contribution < -0.4 is 5.32 Å². The van der Waals surface area contributed by atoms with Crippen molar-refractivity contribution >= 4 is 5.91 Å². The Morgan fingerprint density at radius 1 is 1.20 bits per heavy atom. The van der Waals surface area contributed by atoms with Crippen LogP contribution in [0.1, 0.15) is 66.7 Å². The summed E-state index contributed by atoms with van der Waals surface area (Å²) < 4.78 is 0. The molecule has 1 fully saturated rings. The lowest BCUT2D eigenvalue weighted by molar-refractivity contribution is -0.125. The maximum atomic E-state index is 11.9. The van der Waals surface area contributed by atoms with Gasteiger partial charge in [-0.15, -0.1) is 0 Å². The van der Waals surface area contributed by atoms with E-state index in [-0.39, 0.29) is 11.8 Å². The van der Waals surface area contributed by atoms with Crippen LogP contribution in [0.5, 0.6) is 0 Å². The first-order valence-corrected chi connectivity index (χ1v) is 8.50. The standard InChI is InChI=1S/C17H34N2O/c1-6-19(15-9-7-8-10-15)12-11-16(13(2)3)18-17(20)14(4)5/h13-16H,6-12H2,1-5H3,(H,18,20). The zero-order valence-electron chi connectivity index (χ0n) is 14.1. The molecule has 3 heteroatoms. The van der Waals surface area contributed by atoms with Crippen LogP contribution in [0.4, 0.5) is 0 Å². The van der Waals surface area contributed by atoms with Gasteiger partial charge in [0.25, 0.3) is 0 Å². The Morgan fingerprint density at radius 3 is 2.25 bits per heavy atom. The fraction of sp³-hybridized carbons (Fsp3) is 0.941. The normalized spacial score (nSPS) is 18.2. The monoisotopic (exact) mass is 282 g/mol. The van der Waals surface area contributed by atoms with Crippen molar-refractivity contribution in [3.05, 3.63) is 0 Å². The molecule has 1 aliphatic rings. The topological polar surface area (TPSA) is 32.3 Å². The first-order valence-electron chi connectivity index (χ1n) is 8.50. The summed E-state index contributed by atoms with van der Waals surface area (Å²) in [6.45, 7) is 12.8. The van der Waals surface area contributed by atoms with Crippen molar-refractivity contribution in [2.75, 3.05) is 13.1 Å². The van der Waals surface area contributed by atoms with Crippen LogP contribution in [-0.4, -0.2) is 36.0 Å². The van der Waals surface area contributed by atoms with Gasteiger partial charge in [0.1, 0.15) is 0 Å². The van der Waals surface area contributed by atoms with Crippen molar-refractivity contribution < 1.29 is 4.79 Å². The van der Waals surface area contributed by atoms with Crippen LogP contribution in [0.25, 0.3) is 0 Å². The van der Waals surface area contributed by atoms with E-state index in [4.69, 9.17) is 0 Å². The highest BCUT2D eigenvalue weighted by Crippen LogP contribution is 2.23. The summed E-state index contributed by atoms with van der Waals surface area (Å²) in [5.41, 5.74) is 0. The van der Waals surface area contributed by atoms with Gasteiger partial charge < -0.3 is 10.2 Å². The van der Waals surface area contributed by atoms with Gasteiger partial charge in [-0.05, 0) is 31.7 Å². The average molecular weight is 282 g/mol. The van der Waals surface area contributed by atoms with Gasteiger partial charge in [-0.1, -0.05) is 47.5 Å². The Balaban J connectivity index is 2.46. The minimum atomic E-state index is 0.0772. The molecule has 0 radical (unpaired) electrons. The summed E-state index contributed by atoms with van der Waals surface area (Å²) in [6, 6.07) is 1.09. The number of rotatable bonds is 8. The number of nitrogens with zero attached hydrogens (tertiary/aromatic N) is 1. The van der Waals surface area contributed by atoms with E-state index in [1.165, 1.54) is 25.7 Å². The SMILES string of the molecule is CCN(CCC(NC(=O)C(C)C)C(C)C)C1CCCC1. The van der Waals surface area contributed by atoms with Gasteiger partial charge >= 0.3 is 0 Å². The molecule has 0 aliphatic heterocycles. The van der Waals surface area contributed by atoms with Crippen LogP contribution in [0.2, 0.25) is 0 Å². The third kappa shape index (κ3) is 5.43. The number of nitrogens with one attached hydrogen (secondary N) is 1. The third-order valence-electron chi connectivity index (χ3n) is 4.63. The quantitative estimate of drug-likeness (QED) is 0.739. The number of hydrogen-bond acceptors (Lipinski definition) is 2. The molecule has 3 nitrogen and oxygen atoms in total. The van der Waals surface area contributed by atoms with Crippen LogP contribution in [0.3, 0.4) is 0 Å². The minimum Gasteiger partial charge on any atom is -0.353 e. The molecule has 1 unspecified atom stereocenters. The third-order valence-corrected chi connectivity index (χ3v) is 4.63. The Bertz CT molecular complexity index is 283. The van der Waals surface area contributed by atoms with Crippen molar-refractivity contribution in [1.82, 2.24) is 10.2 Å². The minimum absolute atomic E-state index is 0.0772. The fourth-order valence-corrected chi connectivity index (χ4v) is 3.09. The van der Waals surface area contributed by atoms with Gasteiger partial charge in [0.05, 0.1) is 0 Å². The molecule has 1 amide bonds. The van der Waals surface area contributed by atoms with Crippen LogP contribution in [-0.2, 0) is 4.79 Å². The van der Waals surface area contributed by atoms with Gasteiger partial charge in [-0.3, -0.25) is 4.79 Å². The van der Waals surface area contributed by atoms with E-state index in [0.717, 1.165) is 25.6 Å². The first-order chi connectivity index (χ1) is 9.45. The molecule has 1 N–H and O–H groups in total. The molecule has 0 aromatic heterocycles. The lowest BCUT2D eigenvalue weighted by atomic mass is 9.99. The summed E-state index contributed by atoms with van der Waals surface area (Å²) >= 11 is 0. The first kappa shape index (κ1) is 17.5. The molecule has 1 saturated carbocycles. The zero-order valence-corrected chi connectivity index (χ0v) is 14.1. The molecule has 0 heterocycles. The van der Waals surface area contributed by atoms with E-state index in [2.05, 4.69) is 31.0 Å². The lowest BCUT2D eigenvalue weighted by Crippen LogP contribution is -2.44. The fourth-order valence-electron chi connectivity index (χ4n) is 3.09. The predicted octanol–water partition coefficient (Wildman–Crippen LogP) is 3.44. The molecule has 118 valence electrons. The molecular weight excluding hydrogens is 248 g/mol. The van der Waals surface area contributed by atoms with E-state index < -0.39 is 0 Å². The highest BCUT2D eigenvalue weighted by Gasteiger charge is 2.23. The maximum absolute atomic E-state index is 11.9. The Kier molecular flexibility index (Phi) is 7.57. The number of amides is 1. The summed E-state index contributed by atoms with van der Waals surface area (Å²) in [4.78, 5) is 14.5. The second-order valence-electron chi connectivity index (χ2n) is 6.87. The Hall–Kier alpha value is -0.570. The summed E-state index contributed by atoms with van der Waals surface area (Å²) in [6.07, 6.45) is 6.56. The average Bonchev–Trinajstić information content (AvgIpc) is 2.91. The molecule has 0 bridgehead atoms. The number of hydrogen-bond donors (Lipinski definition) is 1. The molecule has 20 heavy (non-hydrogen) atoms. The zero-order chi connectivity index (χ0) is 15.1. The molecule has 0 aromatic rings. The van der Waals surface area contributed by atoms with Gasteiger partial charge in [-0.25, -0.2) is 0 Å². The van der Waals surface area contributed by atoms with E-state index in [1.54, 1.807) is 0 Å². The van der Waals surface area contributed by atoms with E-state index in [0.29, 0.717) is 12.0 Å². The summed E-state index contributed by atoms with van der Waals surface area (Å²) in [7, 11) is 0. The largest absolute Gasteiger partial charge is 0.353 e. The molecule has 0 saturated heterocycles. The second kappa shape index (κ2) is 8.66. The van der Waals surface area contributed by atoms with Crippen molar-refractivity contribution in [1.29, 1.82) is 0 Å². The second-order valence-corrected chi connectivity index (χ2v) is 6.87.